The standard InChI is InChI=1S/C20H25FN6O/c1-11-19(12(2)27(3)26-11)17-9-18(25-24-17)20(28)22-7-6-13-10-23-16-5-4-14(21)8-15(13)16/h4-5,8,10,17-18,23-25H,6-7,9H2,1-3H3,(H,22,28). The van der Waals surface area contributed by atoms with Crippen molar-refractivity contribution in [3.05, 3.63) is 52.7 Å². The van der Waals surface area contributed by atoms with Gasteiger partial charge in [-0.25, -0.2) is 15.2 Å². The first kappa shape index (κ1) is 18.6. The van der Waals surface area contributed by atoms with Gasteiger partial charge in [0, 0.05) is 41.9 Å². The summed E-state index contributed by atoms with van der Waals surface area (Å²) in [5.41, 5.74) is 11.4. The van der Waals surface area contributed by atoms with E-state index in [1.807, 2.05) is 31.8 Å². The monoisotopic (exact) mass is 384 g/mol. The minimum atomic E-state index is -0.301. The summed E-state index contributed by atoms with van der Waals surface area (Å²) in [4.78, 5) is 15.7. The number of aromatic nitrogens is 3. The molecule has 7 nitrogen and oxygen atoms in total. The first-order valence-corrected chi connectivity index (χ1v) is 9.48. The molecule has 8 heteroatoms. The number of aromatic amines is 1. The molecular formula is C20H25FN6O. The van der Waals surface area contributed by atoms with Gasteiger partial charge in [-0.05, 0) is 50.5 Å². The molecule has 2 atom stereocenters. The highest BCUT2D eigenvalue weighted by Gasteiger charge is 2.32. The first-order chi connectivity index (χ1) is 13.4. The Labute approximate surface area is 162 Å². The summed E-state index contributed by atoms with van der Waals surface area (Å²) in [6, 6.07) is 4.44. The summed E-state index contributed by atoms with van der Waals surface area (Å²) < 4.78 is 15.3. The Kier molecular flexibility index (Phi) is 4.91. The number of amides is 1. The summed E-state index contributed by atoms with van der Waals surface area (Å²) in [5.74, 6) is -0.300. The van der Waals surface area contributed by atoms with Gasteiger partial charge in [0.15, 0.2) is 0 Å². The van der Waals surface area contributed by atoms with Crippen molar-refractivity contribution in [2.75, 3.05) is 6.54 Å². The van der Waals surface area contributed by atoms with Crippen molar-refractivity contribution in [1.82, 2.24) is 30.9 Å². The summed E-state index contributed by atoms with van der Waals surface area (Å²) in [6.07, 6.45) is 3.17. The van der Waals surface area contributed by atoms with E-state index in [2.05, 4.69) is 26.3 Å². The number of carbonyl (C=O) groups excluding carboxylic acids is 1. The molecule has 0 bridgehead atoms. The molecule has 3 heterocycles. The van der Waals surface area contributed by atoms with E-state index in [-0.39, 0.29) is 23.8 Å². The molecule has 0 saturated carbocycles. The fourth-order valence-corrected chi connectivity index (χ4v) is 4.01. The predicted octanol–water partition coefficient (Wildman–Crippen LogP) is 1.92. The Morgan fingerprint density at radius 3 is 2.93 bits per heavy atom. The third kappa shape index (κ3) is 3.41. The molecule has 0 aliphatic carbocycles. The Balaban J connectivity index is 1.34. The van der Waals surface area contributed by atoms with Crippen LogP contribution in [0.5, 0.6) is 0 Å². The number of aryl methyl sites for hydroxylation is 2. The average molecular weight is 384 g/mol. The van der Waals surface area contributed by atoms with E-state index in [1.54, 1.807) is 6.07 Å². The largest absolute Gasteiger partial charge is 0.361 e. The van der Waals surface area contributed by atoms with Crippen molar-refractivity contribution in [2.45, 2.75) is 38.8 Å². The third-order valence-corrected chi connectivity index (χ3v) is 5.56. The predicted molar refractivity (Wildman–Crippen MR) is 105 cm³/mol. The maximum atomic E-state index is 13.5. The van der Waals surface area contributed by atoms with E-state index in [9.17, 15) is 9.18 Å². The molecule has 4 N–H and O–H groups in total. The number of rotatable bonds is 5. The fourth-order valence-electron chi connectivity index (χ4n) is 4.01. The number of hydrogen-bond donors (Lipinski definition) is 4. The van der Waals surface area contributed by atoms with Gasteiger partial charge in [0.05, 0.1) is 11.7 Å². The van der Waals surface area contributed by atoms with Crippen molar-refractivity contribution in [2.24, 2.45) is 7.05 Å². The molecule has 3 aromatic rings. The van der Waals surface area contributed by atoms with Gasteiger partial charge in [-0.1, -0.05) is 0 Å². The molecule has 1 fully saturated rings. The van der Waals surface area contributed by atoms with E-state index in [0.29, 0.717) is 19.4 Å². The number of fused-ring (bicyclic) bond motifs is 1. The maximum Gasteiger partial charge on any atom is 0.238 e. The topological polar surface area (TPSA) is 86.8 Å². The van der Waals surface area contributed by atoms with Crippen LogP contribution in [0.3, 0.4) is 0 Å². The Bertz CT molecular complexity index is 1020. The summed E-state index contributed by atoms with van der Waals surface area (Å²) in [5, 5.41) is 8.29. The number of carbonyl (C=O) groups is 1. The van der Waals surface area contributed by atoms with E-state index >= 15 is 0 Å². The van der Waals surface area contributed by atoms with Crippen molar-refractivity contribution >= 4 is 16.8 Å². The van der Waals surface area contributed by atoms with E-state index in [0.717, 1.165) is 33.4 Å². The highest BCUT2D eigenvalue weighted by molar-refractivity contribution is 5.84. The second-order valence-electron chi connectivity index (χ2n) is 7.38. The van der Waals surface area contributed by atoms with Crippen LogP contribution in [0.4, 0.5) is 4.39 Å². The molecule has 1 amide bonds. The third-order valence-electron chi connectivity index (χ3n) is 5.56. The smallest absolute Gasteiger partial charge is 0.238 e. The molecular weight excluding hydrogens is 359 g/mol. The maximum absolute atomic E-state index is 13.5. The summed E-state index contributed by atoms with van der Waals surface area (Å²) in [7, 11) is 1.93. The van der Waals surface area contributed by atoms with Gasteiger partial charge >= 0.3 is 0 Å². The minimum Gasteiger partial charge on any atom is -0.361 e. The van der Waals surface area contributed by atoms with Crippen molar-refractivity contribution in [3.8, 4) is 0 Å². The number of benzene rings is 1. The van der Waals surface area contributed by atoms with Gasteiger partial charge in [-0.2, -0.15) is 5.10 Å². The Morgan fingerprint density at radius 1 is 1.36 bits per heavy atom. The van der Waals surface area contributed by atoms with Crippen LogP contribution in [0.1, 0.15) is 35.0 Å². The average Bonchev–Trinajstić information content (AvgIpc) is 3.34. The van der Waals surface area contributed by atoms with Gasteiger partial charge in [0.1, 0.15) is 11.9 Å². The Hall–Kier alpha value is -2.71. The van der Waals surface area contributed by atoms with Gasteiger partial charge in [0.25, 0.3) is 0 Å². The second-order valence-corrected chi connectivity index (χ2v) is 7.38. The normalized spacial score (nSPS) is 19.4. The van der Waals surface area contributed by atoms with Crippen LogP contribution in [0.15, 0.2) is 24.4 Å². The van der Waals surface area contributed by atoms with Crippen LogP contribution in [0.2, 0.25) is 0 Å². The lowest BCUT2D eigenvalue weighted by Crippen LogP contribution is -2.43. The molecule has 2 aromatic heterocycles. The second kappa shape index (κ2) is 7.37. The van der Waals surface area contributed by atoms with Crippen LogP contribution < -0.4 is 16.2 Å². The molecule has 0 spiro atoms. The van der Waals surface area contributed by atoms with Crippen molar-refractivity contribution in [1.29, 1.82) is 0 Å². The molecule has 1 aromatic carbocycles. The number of halogens is 1. The van der Waals surface area contributed by atoms with Gasteiger partial charge in [0.2, 0.25) is 5.91 Å². The molecule has 2 unspecified atom stereocenters. The molecule has 1 aliphatic heterocycles. The van der Waals surface area contributed by atoms with Crippen molar-refractivity contribution in [3.63, 3.8) is 0 Å². The zero-order chi connectivity index (χ0) is 19.8. The molecule has 1 aliphatic rings. The molecule has 1 saturated heterocycles. The SMILES string of the molecule is Cc1nn(C)c(C)c1C1CC(C(=O)NCCc2c[nH]c3ccc(F)cc23)NN1. The minimum absolute atomic E-state index is 0.0415. The van der Waals surface area contributed by atoms with Crippen LogP contribution in [-0.4, -0.2) is 33.3 Å². The van der Waals surface area contributed by atoms with E-state index in [4.69, 9.17) is 0 Å². The lowest BCUT2D eigenvalue weighted by atomic mass is 10.00. The number of H-pyrrole nitrogens is 1. The number of nitrogens with one attached hydrogen (secondary N) is 4. The van der Waals surface area contributed by atoms with Crippen molar-refractivity contribution < 1.29 is 9.18 Å². The molecule has 28 heavy (non-hydrogen) atoms. The van der Waals surface area contributed by atoms with Crippen LogP contribution in [0.25, 0.3) is 10.9 Å². The fraction of sp³-hybridized carbons (Fsp3) is 0.400. The quantitative estimate of drug-likeness (QED) is 0.541. The van der Waals surface area contributed by atoms with Gasteiger partial charge in [-0.3, -0.25) is 9.48 Å². The zero-order valence-corrected chi connectivity index (χ0v) is 16.3. The van der Waals surface area contributed by atoms with Gasteiger partial charge < -0.3 is 10.3 Å². The van der Waals surface area contributed by atoms with E-state index < -0.39 is 0 Å². The number of hydrazine groups is 1. The molecule has 0 radical (unpaired) electrons. The summed E-state index contributed by atoms with van der Waals surface area (Å²) >= 11 is 0. The van der Waals surface area contributed by atoms with Gasteiger partial charge in [-0.15, -0.1) is 0 Å². The zero-order valence-electron chi connectivity index (χ0n) is 16.3. The lowest BCUT2D eigenvalue weighted by Gasteiger charge is -2.11. The molecule has 4 rings (SSSR count). The van der Waals surface area contributed by atoms with E-state index in [1.165, 1.54) is 12.1 Å². The highest BCUT2D eigenvalue weighted by Crippen LogP contribution is 2.27. The first-order valence-electron chi connectivity index (χ1n) is 9.48. The lowest BCUT2D eigenvalue weighted by molar-refractivity contribution is -0.122. The molecule has 148 valence electrons. The summed E-state index contributed by atoms with van der Waals surface area (Å²) in [6.45, 7) is 4.52. The number of nitrogens with zero attached hydrogens (tertiary/aromatic N) is 2. The van der Waals surface area contributed by atoms with Crippen LogP contribution in [-0.2, 0) is 18.3 Å². The van der Waals surface area contributed by atoms with Crippen LogP contribution >= 0.6 is 0 Å². The number of hydrogen-bond acceptors (Lipinski definition) is 4. The van der Waals surface area contributed by atoms with Crippen LogP contribution in [0, 0.1) is 19.7 Å². The Morgan fingerprint density at radius 2 is 2.18 bits per heavy atom. The highest BCUT2D eigenvalue weighted by atomic mass is 19.1.